The average molecular weight is 427 g/mol. The number of carbonyl (C=O) groups excluding carboxylic acids is 1. The van der Waals surface area contributed by atoms with E-state index in [2.05, 4.69) is 27.3 Å². The van der Waals surface area contributed by atoms with Gasteiger partial charge in [-0.1, -0.05) is 43.5 Å². The van der Waals surface area contributed by atoms with Gasteiger partial charge in [0.2, 0.25) is 0 Å². The van der Waals surface area contributed by atoms with Crippen molar-refractivity contribution < 1.29 is 4.79 Å². The summed E-state index contributed by atoms with van der Waals surface area (Å²) in [6.07, 6.45) is 7.66. The number of aromatic amines is 1. The van der Waals surface area contributed by atoms with Crippen LogP contribution in [0, 0.1) is 11.3 Å². The second-order valence-electron chi connectivity index (χ2n) is 9.44. The molecule has 1 saturated carbocycles. The predicted molar refractivity (Wildman–Crippen MR) is 126 cm³/mol. The number of rotatable bonds is 5. The largest absolute Gasteiger partial charge is 0.351 e. The summed E-state index contributed by atoms with van der Waals surface area (Å²) in [4.78, 5) is 19.0. The number of hydrogen-bond donors (Lipinski definition) is 2. The van der Waals surface area contributed by atoms with E-state index in [1.54, 1.807) is 0 Å². The SMILES string of the molecule is N#Cc1ccc2c(c1)CCN(CCC1(NC(=O)c3cc4ccccc4[nH]3)CCCCC1)C2. The molecule has 1 amide bonds. The minimum absolute atomic E-state index is 0.0103. The third kappa shape index (κ3) is 4.28. The summed E-state index contributed by atoms with van der Waals surface area (Å²) < 4.78 is 0. The molecule has 1 aromatic heterocycles. The number of nitrogens with zero attached hydrogens (tertiary/aromatic N) is 2. The Morgan fingerprint density at radius 1 is 1.09 bits per heavy atom. The quantitative estimate of drug-likeness (QED) is 0.608. The van der Waals surface area contributed by atoms with Crippen molar-refractivity contribution in [2.75, 3.05) is 13.1 Å². The molecule has 5 heteroatoms. The van der Waals surface area contributed by atoms with Crippen LogP contribution in [0.4, 0.5) is 0 Å². The number of amides is 1. The van der Waals surface area contributed by atoms with Crippen LogP contribution in [-0.2, 0) is 13.0 Å². The lowest BCUT2D eigenvalue weighted by Gasteiger charge is -2.40. The van der Waals surface area contributed by atoms with Crippen molar-refractivity contribution in [3.8, 4) is 6.07 Å². The Morgan fingerprint density at radius 2 is 1.94 bits per heavy atom. The maximum atomic E-state index is 13.2. The number of carbonyl (C=O) groups is 1. The molecule has 2 aliphatic rings. The van der Waals surface area contributed by atoms with Gasteiger partial charge in [-0.05, 0) is 61.1 Å². The van der Waals surface area contributed by atoms with E-state index in [9.17, 15) is 4.79 Å². The zero-order valence-electron chi connectivity index (χ0n) is 18.5. The first-order valence-corrected chi connectivity index (χ1v) is 11.8. The number of para-hydroxylation sites is 1. The highest BCUT2D eigenvalue weighted by atomic mass is 16.2. The highest BCUT2D eigenvalue weighted by Crippen LogP contribution is 2.32. The Balaban J connectivity index is 1.27. The summed E-state index contributed by atoms with van der Waals surface area (Å²) in [5, 5.41) is 13.7. The molecule has 0 radical (unpaired) electrons. The molecule has 1 aliphatic carbocycles. The molecule has 0 saturated heterocycles. The van der Waals surface area contributed by atoms with Crippen molar-refractivity contribution in [3.05, 3.63) is 70.9 Å². The number of nitrogens with one attached hydrogen (secondary N) is 2. The average Bonchev–Trinajstić information content (AvgIpc) is 3.28. The van der Waals surface area contributed by atoms with Gasteiger partial charge in [0.1, 0.15) is 5.69 Å². The molecule has 0 unspecified atom stereocenters. The van der Waals surface area contributed by atoms with E-state index in [1.807, 2.05) is 42.5 Å². The van der Waals surface area contributed by atoms with Crippen molar-refractivity contribution in [2.45, 2.75) is 57.0 Å². The van der Waals surface area contributed by atoms with Crippen LogP contribution in [-0.4, -0.2) is 34.4 Å². The normalized spacial score (nSPS) is 18.1. The van der Waals surface area contributed by atoms with Crippen LogP contribution in [0.25, 0.3) is 10.9 Å². The maximum Gasteiger partial charge on any atom is 0.268 e. The fourth-order valence-electron chi connectivity index (χ4n) is 5.41. The molecular formula is C27H30N4O. The molecule has 0 spiro atoms. The van der Waals surface area contributed by atoms with Crippen LogP contribution in [0.5, 0.6) is 0 Å². The van der Waals surface area contributed by atoms with Gasteiger partial charge < -0.3 is 10.3 Å². The monoisotopic (exact) mass is 426 g/mol. The molecule has 0 atom stereocenters. The lowest BCUT2D eigenvalue weighted by Crippen LogP contribution is -2.51. The molecule has 3 aromatic rings. The Kier molecular flexibility index (Phi) is 5.71. The van der Waals surface area contributed by atoms with Gasteiger partial charge in [-0.25, -0.2) is 0 Å². The van der Waals surface area contributed by atoms with E-state index < -0.39 is 0 Å². The van der Waals surface area contributed by atoms with Crippen LogP contribution in [0.1, 0.15) is 65.7 Å². The third-order valence-electron chi connectivity index (χ3n) is 7.30. The lowest BCUT2D eigenvalue weighted by molar-refractivity contribution is 0.0836. The molecule has 5 nitrogen and oxygen atoms in total. The van der Waals surface area contributed by atoms with Gasteiger partial charge in [0.25, 0.3) is 5.91 Å². The second kappa shape index (κ2) is 8.80. The molecule has 2 N–H and O–H groups in total. The fraction of sp³-hybridized carbons (Fsp3) is 0.407. The maximum absolute atomic E-state index is 13.2. The summed E-state index contributed by atoms with van der Waals surface area (Å²) >= 11 is 0. The molecule has 0 bridgehead atoms. The molecule has 1 fully saturated rings. The van der Waals surface area contributed by atoms with Gasteiger partial charge >= 0.3 is 0 Å². The number of nitriles is 1. The van der Waals surface area contributed by atoms with Crippen molar-refractivity contribution in [2.24, 2.45) is 0 Å². The zero-order chi connectivity index (χ0) is 22.0. The lowest BCUT2D eigenvalue weighted by atomic mass is 9.79. The van der Waals surface area contributed by atoms with E-state index in [4.69, 9.17) is 5.26 Å². The van der Waals surface area contributed by atoms with Crippen LogP contribution >= 0.6 is 0 Å². The van der Waals surface area contributed by atoms with Crippen LogP contribution in [0.15, 0.2) is 48.5 Å². The summed E-state index contributed by atoms with van der Waals surface area (Å²) in [5.41, 5.74) is 4.91. The number of H-pyrrole nitrogens is 1. The molecule has 2 aromatic carbocycles. The zero-order valence-corrected chi connectivity index (χ0v) is 18.5. The first kappa shape index (κ1) is 20.8. The summed E-state index contributed by atoms with van der Waals surface area (Å²) in [6, 6.07) is 18.3. The van der Waals surface area contributed by atoms with E-state index in [-0.39, 0.29) is 11.4 Å². The minimum atomic E-state index is -0.127. The smallest absolute Gasteiger partial charge is 0.268 e. The van der Waals surface area contributed by atoms with Gasteiger partial charge in [-0.2, -0.15) is 5.26 Å². The molecule has 2 heterocycles. The fourth-order valence-corrected chi connectivity index (χ4v) is 5.41. The Morgan fingerprint density at radius 3 is 2.75 bits per heavy atom. The Labute approximate surface area is 189 Å². The number of aromatic nitrogens is 1. The molecular weight excluding hydrogens is 396 g/mol. The standard InChI is InChI=1S/C27H30N4O/c28-18-20-8-9-23-19-31(14-10-21(23)16-20)15-13-27(11-4-1-5-12-27)30-26(32)25-17-22-6-2-3-7-24(22)29-25/h2-3,6-9,16-17,29H,1,4-5,10-15,19H2,(H,30,32). The first-order valence-electron chi connectivity index (χ1n) is 11.8. The number of fused-ring (bicyclic) bond motifs is 2. The topological polar surface area (TPSA) is 71.9 Å². The Bertz CT molecular complexity index is 1130. The van der Waals surface area contributed by atoms with Gasteiger partial charge in [-0.15, -0.1) is 0 Å². The van der Waals surface area contributed by atoms with Crippen molar-refractivity contribution >= 4 is 16.8 Å². The molecule has 32 heavy (non-hydrogen) atoms. The highest BCUT2D eigenvalue weighted by molar-refractivity contribution is 5.98. The predicted octanol–water partition coefficient (Wildman–Crippen LogP) is 4.92. The van der Waals surface area contributed by atoms with E-state index >= 15 is 0 Å². The summed E-state index contributed by atoms with van der Waals surface area (Å²) in [7, 11) is 0. The highest BCUT2D eigenvalue weighted by Gasteiger charge is 2.34. The van der Waals surface area contributed by atoms with E-state index in [0.29, 0.717) is 5.69 Å². The molecule has 164 valence electrons. The summed E-state index contributed by atoms with van der Waals surface area (Å²) in [5.74, 6) is 0.0103. The second-order valence-corrected chi connectivity index (χ2v) is 9.44. The van der Waals surface area contributed by atoms with E-state index in [0.717, 1.165) is 61.8 Å². The van der Waals surface area contributed by atoms with Crippen molar-refractivity contribution in [3.63, 3.8) is 0 Å². The molecule has 5 rings (SSSR count). The van der Waals surface area contributed by atoms with Gasteiger partial charge in [-0.3, -0.25) is 9.69 Å². The van der Waals surface area contributed by atoms with Crippen molar-refractivity contribution in [1.82, 2.24) is 15.2 Å². The number of hydrogen-bond acceptors (Lipinski definition) is 3. The van der Waals surface area contributed by atoms with E-state index in [1.165, 1.54) is 30.4 Å². The van der Waals surface area contributed by atoms with Crippen LogP contribution in [0.2, 0.25) is 0 Å². The van der Waals surface area contributed by atoms with Crippen LogP contribution in [0.3, 0.4) is 0 Å². The Hall–Kier alpha value is -3.10. The minimum Gasteiger partial charge on any atom is -0.351 e. The van der Waals surface area contributed by atoms with Gasteiger partial charge in [0.15, 0.2) is 0 Å². The van der Waals surface area contributed by atoms with Gasteiger partial charge in [0.05, 0.1) is 11.6 Å². The number of benzene rings is 2. The van der Waals surface area contributed by atoms with Crippen molar-refractivity contribution in [1.29, 1.82) is 5.26 Å². The van der Waals surface area contributed by atoms with Gasteiger partial charge in [0, 0.05) is 36.1 Å². The third-order valence-corrected chi connectivity index (χ3v) is 7.30. The molecule has 1 aliphatic heterocycles. The van der Waals surface area contributed by atoms with Crippen LogP contribution < -0.4 is 5.32 Å². The first-order chi connectivity index (χ1) is 15.6. The summed E-state index contributed by atoms with van der Waals surface area (Å²) in [6.45, 7) is 2.91.